The molecule has 1 amide bonds. The Morgan fingerprint density at radius 1 is 1.24 bits per heavy atom. The summed E-state index contributed by atoms with van der Waals surface area (Å²) in [5, 5.41) is 2.91. The van der Waals surface area contributed by atoms with E-state index in [1.54, 1.807) is 0 Å². The zero-order valence-corrected chi connectivity index (χ0v) is 12.5. The minimum atomic E-state index is -4.15. The van der Waals surface area contributed by atoms with Gasteiger partial charge in [0.05, 0.1) is 6.54 Å². The number of hydrogen-bond acceptors (Lipinski definition) is 3. The van der Waals surface area contributed by atoms with E-state index in [4.69, 9.17) is 0 Å². The first-order chi connectivity index (χ1) is 9.85. The summed E-state index contributed by atoms with van der Waals surface area (Å²) < 4.78 is 36.8. The molecule has 0 aromatic carbocycles. The van der Waals surface area contributed by atoms with Gasteiger partial charge in [0.25, 0.3) is 0 Å². The van der Waals surface area contributed by atoms with Gasteiger partial charge in [0, 0.05) is 25.0 Å². The molecule has 0 radical (unpaired) electrons. The molecule has 1 N–H and O–H groups in total. The molecule has 7 heteroatoms. The summed E-state index contributed by atoms with van der Waals surface area (Å²) in [7, 11) is 2.06. The van der Waals surface area contributed by atoms with Crippen molar-refractivity contribution in [2.75, 3.05) is 39.8 Å². The van der Waals surface area contributed by atoms with Crippen LogP contribution in [0.2, 0.25) is 0 Å². The van der Waals surface area contributed by atoms with Crippen LogP contribution in [0.25, 0.3) is 0 Å². The number of nitrogens with one attached hydrogen (secondary N) is 1. The fraction of sp³-hybridized carbons (Fsp3) is 0.929. The number of likely N-dealkylation sites (N-methyl/N-ethyl adjacent to an activating group) is 1. The molecule has 21 heavy (non-hydrogen) atoms. The van der Waals surface area contributed by atoms with Crippen LogP contribution < -0.4 is 5.32 Å². The molecule has 0 bridgehead atoms. The molecule has 2 fully saturated rings. The van der Waals surface area contributed by atoms with Crippen LogP contribution in [-0.2, 0) is 4.79 Å². The second-order valence-electron chi connectivity index (χ2n) is 6.17. The van der Waals surface area contributed by atoms with Crippen molar-refractivity contribution in [2.45, 2.75) is 37.9 Å². The number of hydrogen-bond donors (Lipinski definition) is 1. The lowest BCUT2D eigenvalue weighted by Gasteiger charge is -2.31. The number of carbonyl (C=O) groups excluding carboxylic acids is 1. The van der Waals surface area contributed by atoms with Crippen LogP contribution in [0.4, 0.5) is 13.2 Å². The van der Waals surface area contributed by atoms with E-state index < -0.39 is 12.7 Å². The van der Waals surface area contributed by atoms with Crippen LogP contribution in [0.5, 0.6) is 0 Å². The van der Waals surface area contributed by atoms with E-state index in [-0.39, 0.29) is 11.8 Å². The van der Waals surface area contributed by atoms with E-state index in [9.17, 15) is 18.0 Å². The Hall–Kier alpha value is -0.820. The lowest BCUT2D eigenvalue weighted by atomic mass is 9.96. The molecule has 0 aromatic rings. The molecule has 4 nitrogen and oxygen atoms in total. The Morgan fingerprint density at radius 2 is 1.86 bits per heavy atom. The molecule has 2 rings (SSSR count). The molecule has 0 aromatic heterocycles. The highest BCUT2D eigenvalue weighted by Gasteiger charge is 2.33. The van der Waals surface area contributed by atoms with Crippen molar-refractivity contribution in [1.82, 2.24) is 15.1 Å². The Kier molecular flexibility index (Phi) is 5.48. The first-order valence-corrected chi connectivity index (χ1v) is 7.62. The van der Waals surface area contributed by atoms with Gasteiger partial charge in [-0.05, 0) is 45.8 Å². The van der Waals surface area contributed by atoms with Crippen molar-refractivity contribution in [3.05, 3.63) is 0 Å². The van der Waals surface area contributed by atoms with Crippen molar-refractivity contribution in [2.24, 2.45) is 5.92 Å². The summed E-state index contributed by atoms with van der Waals surface area (Å²) in [6.45, 7) is 1.28. The molecular formula is C14H24F3N3O. The first kappa shape index (κ1) is 16.5. The topological polar surface area (TPSA) is 35.6 Å². The molecular weight excluding hydrogens is 283 g/mol. The Labute approximate surface area is 123 Å². The number of carbonyl (C=O) groups is 1. The molecule has 0 spiro atoms. The summed E-state index contributed by atoms with van der Waals surface area (Å²) in [6.07, 6.45) is -0.645. The number of amides is 1. The van der Waals surface area contributed by atoms with Crippen molar-refractivity contribution < 1.29 is 18.0 Å². The second kappa shape index (κ2) is 6.96. The fourth-order valence-corrected chi connectivity index (χ4v) is 2.80. The average molecular weight is 307 g/mol. The van der Waals surface area contributed by atoms with Crippen molar-refractivity contribution >= 4 is 5.91 Å². The largest absolute Gasteiger partial charge is 0.401 e. The summed E-state index contributed by atoms with van der Waals surface area (Å²) in [5.74, 6) is -0.147. The maximum Gasteiger partial charge on any atom is 0.401 e. The maximum absolute atomic E-state index is 12.3. The first-order valence-electron chi connectivity index (χ1n) is 7.62. The number of alkyl halides is 3. The molecule has 1 saturated carbocycles. The van der Waals surface area contributed by atoms with Gasteiger partial charge in [-0.25, -0.2) is 0 Å². The third-order valence-electron chi connectivity index (χ3n) is 4.30. The number of halogens is 3. The molecule has 0 unspecified atom stereocenters. The van der Waals surface area contributed by atoms with Crippen molar-refractivity contribution in [3.63, 3.8) is 0 Å². The second-order valence-corrected chi connectivity index (χ2v) is 6.17. The summed E-state index contributed by atoms with van der Waals surface area (Å²) in [4.78, 5) is 15.6. The number of piperidine rings is 1. The van der Waals surface area contributed by atoms with E-state index in [0.717, 1.165) is 6.54 Å². The van der Waals surface area contributed by atoms with Gasteiger partial charge in [0.1, 0.15) is 0 Å². The van der Waals surface area contributed by atoms with Gasteiger partial charge in [0.2, 0.25) is 5.91 Å². The minimum Gasteiger partial charge on any atom is -0.355 e. The lowest BCUT2D eigenvalue weighted by Crippen LogP contribution is -2.44. The fourth-order valence-electron chi connectivity index (χ4n) is 2.80. The highest BCUT2D eigenvalue weighted by atomic mass is 19.4. The zero-order valence-electron chi connectivity index (χ0n) is 12.5. The molecule has 1 aliphatic heterocycles. The Bertz CT molecular complexity index is 350. The van der Waals surface area contributed by atoms with Gasteiger partial charge in [-0.15, -0.1) is 0 Å². The number of likely N-dealkylation sites (tertiary alicyclic amines) is 1. The van der Waals surface area contributed by atoms with E-state index in [1.165, 1.54) is 17.7 Å². The minimum absolute atomic E-state index is 0.00847. The van der Waals surface area contributed by atoms with E-state index >= 15 is 0 Å². The normalized spacial score (nSPS) is 21.8. The molecule has 1 heterocycles. The average Bonchev–Trinajstić information content (AvgIpc) is 3.21. The SMILES string of the molecule is CN(CCNC(=O)C1CCN(CC(F)(F)F)CC1)C1CC1. The van der Waals surface area contributed by atoms with Crippen LogP contribution in [0, 0.1) is 5.92 Å². The van der Waals surface area contributed by atoms with E-state index in [1.807, 2.05) is 0 Å². The smallest absolute Gasteiger partial charge is 0.355 e. The lowest BCUT2D eigenvalue weighted by molar-refractivity contribution is -0.149. The highest BCUT2D eigenvalue weighted by molar-refractivity contribution is 5.78. The number of rotatable bonds is 6. The van der Waals surface area contributed by atoms with Crippen molar-refractivity contribution in [1.29, 1.82) is 0 Å². The number of nitrogens with zero attached hydrogens (tertiary/aromatic N) is 2. The van der Waals surface area contributed by atoms with Gasteiger partial charge >= 0.3 is 6.18 Å². The highest BCUT2D eigenvalue weighted by Crippen LogP contribution is 2.25. The predicted molar refractivity (Wildman–Crippen MR) is 73.9 cm³/mol. The molecule has 2 aliphatic rings. The Balaban J connectivity index is 1.61. The standard InChI is InChI=1S/C14H24F3N3O/c1-19(12-2-3-12)9-6-18-13(21)11-4-7-20(8-5-11)10-14(15,16)17/h11-12H,2-10H2,1H3,(H,18,21). The van der Waals surface area contributed by atoms with Crippen LogP contribution in [0.3, 0.4) is 0 Å². The molecule has 122 valence electrons. The Morgan fingerprint density at radius 3 is 2.38 bits per heavy atom. The maximum atomic E-state index is 12.3. The van der Waals surface area contributed by atoms with Crippen LogP contribution >= 0.6 is 0 Å². The van der Waals surface area contributed by atoms with Gasteiger partial charge in [-0.2, -0.15) is 13.2 Å². The van der Waals surface area contributed by atoms with Crippen LogP contribution in [-0.4, -0.2) is 67.7 Å². The summed E-state index contributed by atoms with van der Waals surface area (Å²) in [6, 6.07) is 0.674. The third-order valence-corrected chi connectivity index (χ3v) is 4.30. The van der Waals surface area contributed by atoms with Crippen LogP contribution in [0.1, 0.15) is 25.7 Å². The third kappa shape index (κ3) is 5.82. The van der Waals surface area contributed by atoms with Gasteiger partial charge in [-0.1, -0.05) is 0 Å². The van der Waals surface area contributed by atoms with Crippen molar-refractivity contribution in [3.8, 4) is 0 Å². The molecule has 0 atom stereocenters. The quantitative estimate of drug-likeness (QED) is 0.807. The van der Waals surface area contributed by atoms with Gasteiger partial charge in [0.15, 0.2) is 0 Å². The van der Waals surface area contributed by atoms with Gasteiger partial charge in [-0.3, -0.25) is 9.69 Å². The van der Waals surface area contributed by atoms with E-state index in [0.29, 0.717) is 38.5 Å². The summed E-state index contributed by atoms with van der Waals surface area (Å²) in [5.41, 5.74) is 0. The molecule has 1 aliphatic carbocycles. The monoisotopic (exact) mass is 307 g/mol. The predicted octanol–water partition coefficient (Wildman–Crippen LogP) is 1.47. The summed E-state index contributed by atoms with van der Waals surface area (Å²) >= 11 is 0. The molecule has 1 saturated heterocycles. The van der Waals surface area contributed by atoms with Gasteiger partial charge < -0.3 is 10.2 Å². The zero-order chi connectivity index (χ0) is 15.5. The van der Waals surface area contributed by atoms with E-state index in [2.05, 4.69) is 17.3 Å². The van der Waals surface area contributed by atoms with Crippen LogP contribution in [0.15, 0.2) is 0 Å².